The highest BCUT2D eigenvalue weighted by Gasteiger charge is 2.56. The molecule has 0 aromatic carbocycles. The van der Waals surface area contributed by atoms with Crippen LogP contribution < -0.4 is 10.5 Å². The predicted molar refractivity (Wildman–Crippen MR) is 125 cm³/mol. The van der Waals surface area contributed by atoms with E-state index in [9.17, 15) is 27.9 Å². The second kappa shape index (κ2) is 9.07. The van der Waals surface area contributed by atoms with Crippen molar-refractivity contribution >= 4 is 22.8 Å². The van der Waals surface area contributed by atoms with Crippen molar-refractivity contribution in [3.8, 4) is 0 Å². The van der Waals surface area contributed by atoms with Crippen molar-refractivity contribution in [2.45, 2.75) is 63.8 Å². The fourth-order valence-corrected chi connectivity index (χ4v) is 5.71. The van der Waals surface area contributed by atoms with E-state index in [0.717, 1.165) is 12.8 Å². The summed E-state index contributed by atoms with van der Waals surface area (Å²) in [6.07, 6.45) is 0.728. The van der Waals surface area contributed by atoms with Gasteiger partial charge in [0.15, 0.2) is 0 Å². The number of aromatic nitrogens is 3. The highest BCUT2D eigenvalue weighted by molar-refractivity contribution is 5.79. The van der Waals surface area contributed by atoms with Crippen LogP contribution in [0.4, 0.5) is 19.1 Å². The van der Waals surface area contributed by atoms with Gasteiger partial charge in [-0.2, -0.15) is 13.2 Å². The van der Waals surface area contributed by atoms with Crippen LogP contribution in [0.15, 0.2) is 23.3 Å². The van der Waals surface area contributed by atoms with Gasteiger partial charge in [0.25, 0.3) is 5.56 Å². The van der Waals surface area contributed by atoms with Gasteiger partial charge in [-0.3, -0.25) is 9.59 Å². The Morgan fingerprint density at radius 1 is 1.26 bits per heavy atom. The van der Waals surface area contributed by atoms with Crippen LogP contribution in [-0.4, -0.2) is 69.4 Å². The Bertz CT molecular complexity index is 1160. The van der Waals surface area contributed by atoms with Gasteiger partial charge < -0.3 is 19.5 Å². The largest absolute Gasteiger partial charge is 0.389 e. The summed E-state index contributed by atoms with van der Waals surface area (Å²) >= 11 is 0. The SMILES string of the molecule is C[C@H](CC(F)(F)F)C(=O)N1CCC(O)(Cn2ccc3nc(N(C)C)ncc3c2=O)C2(CCCC2)C1. The molecule has 1 aliphatic heterocycles. The number of halogens is 3. The molecule has 2 fully saturated rings. The van der Waals surface area contributed by atoms with E-state index in [2.05, 4.69) is 9.97 Å². The maximum atomic E-state index is 13.2. The monoisotopic (exact) mass is 495 g/mol. The van der Waals surface area contributed by atoms with Gasteiger partial charge in [-0.1, -0.05) is 19.8 Å². The number of carbonyl (C=O) groups excluding carboxylic acids is 1. The van der Waals surface area contributed by atoms with E-state index in [1.165, 1.54) is 22.6 Å². The number of anilines is 1. The number of likely N-dealkylation sites (tertiary alicyclic amines) is 1. The molecule has 1 unspecified atom stereocenters. The second-order valence-electron chi connectivity index (χ2n) is 10.4. The molecule has 1 amide bonds. The van der Waals surface area contributed by atoms with Gasteiger partial charge in [-0.05, 0) is 25.3 Å². The number of fused-ring (bicyclic) bond motifs is 1. The number of amides is 1. The zero-order valence-corrected chi connectivity index (χ0v) is 20.3. The summed E-state index contributed by atoms with van der Waals surface area (Å²) < 4.78 is 40.0. The molecule has 35 heavy (non-hydrogen) atoms. The van der Waals surface area contributed by atoms with Gasteiger partial charge in [-0.25, -0.2) is 9.97 Å². The Labute approximate surface area is 201 Å². The third kappa shape index (κ3) is 4.87. The number of pyridine rings is 1. The fourth-order valence-electron chi connectivity index (χ4n) is 5.71. The first-order valence-corrected chi connectivity index (χ1v) is 12.0. The van der Waals surface area contributed by atoms with Crippen LogP contribution in [0.2, 0.25) is 0 Å². The Hall–Kier alpha value is -2.69. The van der Waals surface area contributed by atoms with E-state index in [1.807, 2.05) is 0 Å². The van der Waals surface area contributed by atoms with Crippen molar-refractivity contribution in [2.24, 2.45) is 11.3 Å². The number of hydrogen-bond acceptors (Lipinski definition) is 6. The molecular formula is C24H32F3N5O3. The van der Waals surface area contributed by atoms with Gasteiger partial charge >= 0.3 is 6.18 Å². The highest BCUT2D eigenvalue weighted by atomic mass is 19.4. The number of nitrogens with zero attached hydrogens (tertiary/aromatic N) is 5. The Morgan fingerprint density at radius 2 is 1.94 bits per heavy atom. The predicted octanol–water partition coefficient (Wildman–Crippen LogP) is 2.97. The maximum absolute atomic E-state index is 13.2. The molecule has 2 aliphatic rings. The lowest BCUT2D eigenvalue weighted by Gasteiger charge is -2.52. The minimum atomic E-state index is -4.41. The third-order valence-electron chi connectivity index (χ3n) is 7.65. The van der Waals surface area contributed by atoms with Crippen LogP contribution in [0, 0.1) is 11.3 Å². The van der Waals surface area contributed by atoms with E-state index in [0.29, 0.717) is 29.7 Å². The smallest absolute Gasteiger partial charge is 0.387 e. The van der Waals surface area contributed by atoms with E-state index < -0.39 is 35.4 Å². The van der Waals surface area contributed by atoms with Crippen molar-refractivity contribution in [2.75, 3.05) is 32.1 Å². The summed E-state index contributed by atoms with van der Waals surface area (Å²) in [6, 6.07) is 1.72. The van der Waals surface area contributed by atoms with Crippen LogP contribution >= 0.6 is 0 Å². The molecule has 8 nitrogen and oxygen atoms in total. The van der Waals surface area contributed by atoms with Gasteiger partial charge in [-0.15, -0.1) is 0 Å². The molecule has 4 rings (SSSR count). The molecule has 1 saturated carbocycles. The Balaban J connectivity index is 1.60. The molecule has 1 spiro atoms. The lowest BCUT2D eigenvalue weighted by atomic mass is 9.65. The quantitative estimate of drug-likeness (QED) is 0.686. The summed E-state index contributed by atoms with van der Waals surface area (Å²) in [5, 5.41) is 12.2. The summed E-state index contributed by atoms with van der Waals surface area (Å²) in [5.74, 6) is -1.22. The topological polar surface area (TPSA) is 91.6 Å². The van der Waals surface area contributed by atoms with E-state index in [4.69, 9.17) is 0 Å². The summed E-state index contributed by atoms with van der Waals surface area (Å²) in [4.78, 5) is 37.9. The zero-order chi connectivity index (χ0) is 25.6. The summed E-state index contributed by atoms with van der Waals surface area (Å²) in [6.45, 7) is 1.69. The van der Waals surface area contributed by atoms with Crippen LogP contribution in [0.25, 0.3) is 10.9 Å². The van der Waals surface area contributed by atoms with Gasteiger partial charge in [0.05, 0.1) is 29.5 Å². The number of carbonyl (C=O) groups is 1. The normalized spacial score (nSPS) is 23.1. The van der Waals surface area contributed by atoms with Crippen molar-refractivity contribution in [1.29, 1.82) is 0 Å². The number of alkyl halides is 3. The summed E-state index contributed by atoms with van der Waals surface area (Å²) in [5.41, 5.74) is -1.74. The minimum Gasteiger partial charge on any atom is -0.387 e. The molecule has 2 atom stereocenters. The number of rotatable bonds is 5. The van der Waals surface area contributed by atoms with E-state index >= 15 is 0 Å². The second-order valence-corrected chi connectivity index (χ2v) is 10.4. The Kier molecular flexibility index (Phi) is 6.58. The van der Waals surface area contributed by atoms with Crippen LogP contribution in [0.5, 0.6) is 0 Å². The molecular weight excluding hydrogens is 463 g/mol. The van der Waals surface area contributed by atoms with Crippen LogP contribution in [0.3, 0.4) is 0 Å². The molecule has 1 N–H and O–H groups in total. The van der Waals surface area contributed by atoms with Crippen molar-refractivity contribution in [3.63, 3.8) is 0 Å². The molecule has 3 heterocycles. The Morgan fingerprint density at radius 3 is 2.57 bits per heavy atom. The standard InChI is InChI=1S/C24H32F3N5O3/c1-16(12-24(25,26)27)19(33)32-11-9-23(35,22(14-32)7-4-5-8-22)15-31-10-6-18-17(20(31)34)13-28-21(29-18)30(2)3/h6,10,13,16,35H,4-5,7-9,11-12,14-15H2,1-3H3/t16-,23?/m1/s1. The fraction of sp³-hybridized carbons (Fsp3) is 0.667. The first kappa shape index (κ1) is 25.4. The molecule has 1 aliphatic carbocycles. The minimum absolute atomic E-state index is 0.0390. The lowest BCUT2D eigenvalue weighted by molar-refractivity contribution is -0.172. The van der Waals surface area contributed by atoms with Gasteiger partial charge in [0, 0.05) is 50.9 Å². The number of piperidine rings is 1. The molecule has 2 aromatic rings. The molecule has 192 valence electrons. The average Bonchev–Trinajstić information content (AvgIpc) is 3.26. The van der Waals surface area contributed by atoms with Crippen molar-refractivity contribution < 1.29 is 23.1 Å². The van der Waals surface area contributed by atoms with Crippen molar-refractivity contribution in [1.82, 2.24) is 19.4 Å². The number of hydrogen-bond donors (Lipinski definition) is 1. The van der Waals surface area contributed by atoms with E-state index in [1.54, 1.807) is 31.3 Å². The average molecular weight is 496 g/mol. The van der Waals surface area contributed by atoms with Crippen LogP contribution in [0.1, 0.15) is 45.4 Å². The summed E-state index contributed by atoms with van der Waals surface area (Å²) in [7, 11) is 3.61. The van der Waals surface area contributed by atoms with Crippen LogP contribution in [-0.2, 0) is 11.3 Å². The highest BCUT2D eigenvalue weighted by Crippen LogP contribution is 2.51. The molecule has 2 aromatic heterocycles. The molecule has 1 saturated heterocycles. The van der Waals surface area contributed by atoms with Gasteiger partial charge in [0.1, 0.15) is 0 Å². The van der Waals surface area contributed by atoms with E-state index in [-0.39, 0.29) is 31.6 Å². The third-order valence-corrected chi connectivity index (χ3v) is 7.65. The van der Waals surface area contributed by atoms with Gasteiger partial charge in [0.2, 0.25) is 11.9 Å². The number of aliphatic hydroxyl groups is 1. The molecule has 0 bridgehead atoms. The first-order chi connectivity index (χ1) is 16.3. The maximum Gasteiger partial charge on any atom is 0.389 e. The lowest BCUT2D eigenvalue weighted by Crippen LogP contribution is -2.62. The van der Waals surface area contributed by atoms with Crippen molar-refractivity contribution in [3.05, 3.63) is 28.8 Å². The first-order valence-electron chi connectivity index (χ1n) is 12.0. The zero-order valence-electron chi connectivity index (χ0n) is 20.3. The molecule has 0 radical (unpaired) electrons. The molecule has 11 heteroatoms.